The molecule has 1 aromatic heterocycles. The molecule has 1 aromatic carbocycles. The highest BCUT2D eigenvalue weighted by molar-refractivity contribution is 5.98. The molecule has 4 rings (SSSR count). The summed E-state index contributed by atoms with van der Waals surface area (Å²) in [5, 5.41) is 5.91. The first-order valence-corrected chi connectivity index (χ1v) is 11.3. The molecule has 176 valence electrons. The lowest BCUT2D eigenvalue weighted by molar-refractivity contribution is -0.125. The maximum absolute atomic E-state index is 13.1. The van der Waals surface area contributed by atoms with Gasteiger partial charge in [-0.05, 0) is 62.4 Å². The minimum absolute atomic E-state index is 0.0111. The van der Waals surface area contributed by atoms with Crippen molar-refractivity contribution in [1.29, 1.82) is 0 Å². The number of rotatable bonds is 7. The van der Waals surface area contributed by atoms with E-state index in [1.54, 1.807) is 35.2 Å². The molecule has 1 saturated heterocycles. The SMILES string of the molecule is CC[C@H](C)NC(=O)[C@H](NC(=O)c1ccc2c(c1)OCO2)C1CCN(C(=O)c2ccco2)CC1. The molecule has 0 unspecified atom stereocenters. The maximum Gasteiger partial charge on any atom is 0.289 e. The number of nitrogens with zero attached hydrogens (tertiary/aromatic N) is 1. The standard InChI is InChI=1S/C24H29N3O6/c1-3-15(2)25-23(29)21(26-22(28)17-6-7-18-20(13-17)33-14-32-18)16-8-10-27(11-9-16)24(30)19-5-4-12-31-19/h4-7,12-13,15-16,21H,3,8-11,14H2,1-2H3,(H,25,29)(H,26,28)/t15-,21+/m0/s1. The number of nitrogens with one attached hydrogen (secondary N) is 2. The lowest BCUT2D eigenvalue weighted by Gasteiger charge is -2.35. The van der Waals surface area contributed by atoms with Gasteiger partial charge in [0.1, 0.15) is 6.04 Å². The van der Waals surface area contributed by atoms with Gasteiger partial charge in [-0.1, -0.05) is 6.92 Å². The van der Waals surface area contributed by atoms with Crippen LogP contribution in [0, 0.1) is 5.92 Å². The summed E-state index contributed by atoms with van der Waals surface area (Å²) >= 11 is 0. The number of likely N-dealkylation sites (tertiary alicyclic amines) is 1. The quantitative estimate of drug-likeness (QED) is 0.664. The van der Waals surface area contributed by atoms with Gasteiger partial charge in [-0.25, -0.2) is 0 Å². The highest BCUT2D eigenvalue weighted by Crippen LogP contribution is 2.32. The third-order valence-electron chi connectivity index (χ3n) is 6.24. The van der Waals surface area contributed by atoms with Crippen LogP contribution in [0.2, 0.25) is 0 Å². The first kappa shape index (κ1) is 22.7. The monoisotopic (exact) mass is 455 g/mol. The van der Waals surface area contributed by atoms with E-state index < -0.39 is 6.04 Å². The van der Waals surface area contributed by atoms with E-state index in [9.17, 15) is 14.4 Å². The summed E-state index contributed by atoms with van der Waals surface area (Å²) in [7, 11) is 0. The smallest absolute Gasteiger partial charge is 0.289 e. The van der Waals surface area contributed by atoms with E-state index >= 15 is 0 Å². The highest BCUT2D eigenvalue weighted by atomic mass is 16.7. The van der Waals surface area contributed by atoms with Crippen molar-refractivity contribution >= 4 is 17.7 Å². The van der Waals surface area contributed by atoms with Crippen LogP contribution in [-0.2, 0) is 4.79 Å². The van der Waals surface area contributed by atoms with Gasteiger partial charge in [0, 0.05) is 24.7 Å². The Morgan fingerprint density at radius 3 is 2.55 bits per heavy atom. The van der Waals surface area contributed by atoms with Crippen molar-refractivity contribution in [1.82, 2.24) is 15.5 Å². The molecule has 2 aliphatic heterocycles. The van der Waals surface area contributed by atoms with Crippen molar-refractivity contribution in [2.24, 2.45) is 5.92 Å². The number of carbonyl (C=O) groups excluding carboxylic acids is 3. The van der Waals surface area contributed by atoms with Gasteiger partial charge in [0.2, 0.25) is 12.7 Å². The molecule has 2 aliphatic rings. The molecule has 0 aliphatic carbocycles. The summed E-state index contributed by atoms with van der Waals surface area (Å²) in [6, 6.07) is 7.55. The van der Waals surface area contributed by atoms with Gasteiger partial charge in [-0.3, -0.25) is 14.4 Å². The van der Waals surface area contributed by atoms with Crippen LogP contribution in [0.4, 0.5) is 0 Å². The van der Waals surface area contributed by atoms with E-state index in [-0.39, 0.29) is 36.5 Å². The first-order chi connectivity index (χ1) is 16.0. The number of benzene rings is 1. The molecule has 3 heterocycles. The number of hydrogen-bond acceptors (Lipinski definition) is 6. The van der Waals surface area contributed by atoms with Gasteiger partial charge >= 0.3 is 0 Å². The third-order valence-corrected chi connectivity index (χ3v) is 6.24. The number of piperidine rings is 1. The highest BCUT2D eigenvalue weighted by Gasteiger charge is 2.35. The van der Waals surface area contributed by atoms with Gasteiger partial charge < -0.3 is 29.4 Å². The Bertz CT molecular complexity index is 998. The molecule has 1 fully saturated rings. The molecule has 0 saturated carbocycles. The molecule has 3 amide bonds. The number of furan rings is 1. The molecule has 33 heavy (non-hydrogen) atoms. The van der Waals surface area contributed by atoms with Crippen LogP contribution in [0.15, 0.2) is 41.0 Å². The predicted octanol–water partition coefficient (Wildman–Crippen LogP) is 2.57. The van der Waals surface area contributed by atoms with Crippen LogP contribution >= 0.6 is 0 Å². The second-order valence-corrected chi connectivity index (χ2v) is 8.44. The van der Waals surface area contributed by atoms with E-state index in [0.29, 0.717) is 48.8 Å². The maximum atomic E-state index is 13.1. The van der Waals surface area contributed by atoms with Crippen LogP contribution in [0.3, 0.4) is 0 Å². The molecule has 2 aromatic rings. The number of ether oxygens (including phenoxy) is 2. The summed E-state index contributed by atoms with van der Waals surface area (Å²) in [6.45, 7) is 5.01. The van der Waals surface area contributed by atoms with Crippen LogP contribution in [0.1, 0.15) is 54.0 Å². The average Bonchev–Trinajstić information content (AvgIpc) is 3.53. The summed E-state index contributed by atoms with van der Waals surface area (Å²) < 4.78 is 15.9. The van der Waals surface area contributed by atoms with E-state index in [2.05, 4.69) is 10.6 Å². The molecular formula is C24H29N3O6. The lowest BCUT2D eigenvalue weighted by atomic mass is 9.88. The lowest BCUT2D eigenvalue weighted by Crippen LogP contribution is -2.55. The minimum Gasteiger partial charge on any atom is -0.459 e. The third kappa shape index (κ3) is 5.13. The van der Waals surface area contributed by atoms with Crippen LogP contribution in [-0.4, -0.2) is 54.6 Å². The second kappa shape index (κ2) is 9.97. The van der Waals surface area contributed by atoms with Gasteiger partial charge in [0.05, 0.1) is 6.26 Å². The van der Waals surface area contributed by atoms with Gasteiger partial charge in [-0.2, -0.15) is 0 Å². The Morgan fingerprint density at radius 1 is 1.09 bits per heavy atom. The fraction of sp³-hybridized carbons (Fsp3) is 0.458. The van der Waals surface area contributed by atoms with Gasteiger partial charge in [0.25, 0.3) is 11.8 Å². The Morgan fingerprint density at radius 2 is 1.85 bits per heavy atom. The molecule has 0 bridgehead atoms. The van der Waals surface area contributed by atoms with Crippen molar-refractivity contribution in [2.75, 3.05) is 19.9 Å². The number of fused-ring (bicyclic) bond motifs is 1. The zero-order valence-electron chi connectivity index (χ0n) is 18.8. The average molecular weight is 456 g/mol. The summed E-state index contributed by atoms with van der Waals surface area (Å²) in [6.07, 6.45) is 3.44. The zero-order valence-corrected chi connectivity index (χ0v) is 18.8. The molecule has 9 heteroatoms. The summed E-state index contributed by atoms with van der Waals surface area (Å²) in [4.78, 5) is 40.4. The molecular weight excluding hydrogens is 426 g/mol. The van der Waals surface area contributed by atoms with Crippen molar-refractivity contribution < 1.29 is 28.3 Å². The number of amides is 3. The van der Waals surface area contributed by atoms with Crippen LogP contribution < -0.4 is 20.1 Å². The molecule has 9 nitrogen and oxygen atoms in total. The summed E-state index contributed by atoms with van der Waals surface area (Å²) in [5.41, 5.74) is 0.394. The van der Waals surface area contributed by atoms with Crippen LogP contribution in [0.25, 0.3) is 0 Å². The minimum atomic E-state index is -0.710. The van der Waals surface area contributed by atoms with E-state index in [4.69, 9.17) is 13.9 Å². The van der Waals surface area contributed by atoms with E-state index in [0.717, 1.165) is 6.42 Å². The Balaban J connectivity index is 1.45. The Kier molecular flexibility index (Phi) is 6.86. The Hall–Kier alpha value is -3.49. The number of hydrogen-bond donors (Lipinski definition) is 2. The molecule has 2 atom stereocenters. The summed E-state index contributed by atoms with van der Waals surface area (Å²) in [5.74, 6) is 0.562. The van der Waals surface area contributed by atoms with Crippen molar-refractivity contribution in [3.8, 4) is 11.5 Å². The van der Waals surface area contributed by atoms with Gasteiger partial charge in [0.15, 0.2) is 17.3 Å². The second-order valence-electron chi connectivity index (χ2n) is 8.44. The van der Waals surface area contributed by atoms with Crippen molar-refractivity contribution in [2.45, 2.75) is 45.2 Å². The van der Waals surface area contributed by atoms with Gasteiger partial charge in [-0.15, -0.1) is 0 Å². The number of carbonyl (C=O) groups is 3. The molecule has 0 spiro atoms. The van der Waals surface area contributed by atoms with Crippen molar-refractivity contribution in [3.63, 3.8) is 0 Å². The normalized spacial score (nSPS) is 17.3. The largest absolute Gasteiger partial charge is 0.459 e. The zero-order chi connectivity index (χ0) is 23.4. The van der Waals surface area contributed by atoms with Crippen molar-refractivity contribution in [3.05, 3.63) is 47.9 Å². The predicted molar refractivity (Wildman–Crippen MR) is 119 cm³/mol. The van der Waals surface area contributed by atoms with E-state index in [1.165, 1.54) is 6.26 Å². The fourth-order valence-electron chi connectivity index (χ4n) is 4.09. The molecule has 0 radical (unpaired) electrons. The van der Waals surface area contributed by atoms with E-state index in [1.807, 2.05) is 13.8 Å². The first-order valence-electron chi connectivity index (χ1n) is 11.3. The Labute approximate surface area is 192 Å². The topological polar surface area (TPSA) is 110 Å². The molecule has 2 N–H and O–H groups in total. The fourth-order valence-corrected chi connectivity index (χ4v) is 4.09. The van der Waals surface area contributed by atoms with Crippen LogP contribution in [0.5, 0.6) is 11.5 Å².